The van der Waals surface area contributed by atoms with Gasteiger partial charge in [0, 0.05) is 22.0 Å². The minimum absolute atomic E-state index is 0.132. The van der Waals surface area contributed by atoms with Gasteiger partial charge in [-0.2, -0.15) is 13.2 Å². The Kier molecular flexibility index (Phi) is 5.97. The highest BCUT2D eigenvalue weighted by atomic mass is 35.5. The van der Waals surface area contributed by atoms with Crippen LogP contribution < -0.4 is 10.6 Å². The van der Waals surface area contributed by atoms with Gasteiger partial charge in [0.05, 0.1) is 7.11 Å². The summed E-state index contributed by atoms with van der Waals surface area (Å²) in [5.41, 5.74) is -4.02. The molecule has 1 atom stereocenters. The summed E-state index contributed by atoms with van der Waals surface area (Å²) < 4.78 is 43.6. The second kappa shape index (κ2) is 7.85. The zero-order valence-electron chi connectivity index (χ0n) is 13.8. The molecule has 0 saturated heterocycles. The number of amides is 2. The zero-order chi connectivity index (χ0) is 20.2. The Hall–Kier alpha value is -2.78. The van der Waals surface area contributed by atoms with E-state index in [2.05, 4.69) is 15.4 Å². The Morgan fingerprint density at radius 2 is 1.63 bits per heavy atom. The standard InChI is InChI=1S/C17H14ClF3N2O4/c1-27-14(24)16(26,17(19,20)21)10-5-7-12(8-6-10)22-15(25)23-13-4-2-3-11(18)9-13/h2-9,26H,1H3,(H2,22,23,25)/t16-/m1/s1. The van der Waals surface area contributed by atoms with E-state index in [1.165, 1.54) is 6.07 Å². The van der Waals surface area contributed by atoms with Crippen molar-refractivity contribution >= 4 is 35.0 Å². The van der Waals surface area contributed by atoms with Crippen LogP contribution in [-0.4, -0.2) is 30.4 Å². The summed E-state index contributed by atoms with van der Waals surface area (Å²) in [6.45, 7) is 0. The zero-order valence-corrected chi connectivity index (χ0v) is 14.6. The molecule has 0 aliphatic carbocycles. The maximum Gasteiger partial charge on any atom is 0.432 e. The summed E-state index contributed by atoms with van der Waals surface area (Å²) >= 11 is 5.80. The van der Waals surface area contributed by atoms with Gasteiger partial charge in [-0.05, 0) is 30.3 Å². The Labute approximate surface area is 156 Å². The van der Waals surface area contributed by atoms with Crippen LogP contribution in [0, 0.1) is 0 Å². The number of methoxy groups -OCH3 is 1. The first kappa shape index (κ1) is 20.5. The molecule has 0 bridgehead atoms. The molecule has 0 radical (unpaired) electrons. The molecule has 0 fully saturated rings. The number of hydrogen-bond donors (Lipinski definition) is 3. The van der Waals surface area contributed by atoms with Crippen LogP contribution >= 0.6 is 11.6 Å². The number of aliphatic hydroxyl groups is 1. The Bertz CT molecular complexity index is 843. The van der Waals surface area contributed by atoms with Crippen molar-refractivity contribution in [3.63, 3.8) is 0 Å². The number of benzene rings is 2. The number of esters is 1. The molecule has 0 aliphatic rings. The van der Waals surface area contributed by atoms with Crippen molar-refractivity contribution in [2.24, 2.45) is 0 Å². The van der Waals surface area contributed by atoms with Gasteiger partial charge in [-0.3, -0.25) is 0 Å². The molecule has 10 heteroatoms. The minimum Gasteiger partial charge on any atom is -0.466 e. The van der Waals surface area contributed by atoms with Crippen molar-refractivity contribution < 1.29 is 32.6 Å². The molecule has 0 saturated carbocycles. The first-order valence-electron chi connectivity index (χ1n) is 7.39. The Morgan fingerprint density at radius 1 is 1.04 bits per heavy atom. The quantitative estimate of drug-likeness (QED) is 0.677. The van der Waals surface area contributed by atoms with Crippen LogP contribution in [0.5, 0.6) is 0 Å². The fourth-order valence-electron chi connectivity index (χ4n) is 2.20. The molecule has 6 nitrogen and oxygen atoms in total. The van der Waals surface area contributed by atoms with E-state index >= 15 is 0 Å². The third kappa shape index (κ3) is 4.50. The molecule has 0 aliphatic heterocycles. The number of hydrogen-bond acceptors (Lipinski definition) is 4. The number of carbonyl (C=O) groups excluding carboxylic acids is 2. The number of anilines is 2. The lowest BCUT2D eigenvalue weighted by Gasteiger charge is -2.28. The molecule has 2 rings (SSSR count). The monoisotopic (exact) mass is 402 g/mol. The van der Waals surface area contributed by atoms with Gasteiger partial charge in [-0.15, -0.1) is 0 Å². The van der Waals surface area contributed by atoms with E-state index in [1.807, 2.05) is 0 Å². The molecule has 0 unspecified atom stereocenters. The third-order valence-corrected chi connectivity index (χ3v) is 3.77. The number of rotatable bonds is 4. The average Bonchev–Trinajstić information content (AvgIpc) is 2.60. The SMILES string of the molecule is COC(=O)[C@](O)(c1ccc(NC(=O)Nc2cccc(Cl)c2)cc1)C(F)(F)F. The number of nitrogens with one attached hydrogen (secondary N) is 2. The Balaban J connectivity index is 2.16. The fourth-order valence-corrected chi connectivity index (χ4v) is 2.39. The Morgan fingerprint density at radius 3 is 2.15 bits per heavy atom. The summed E-state index contributed by atoms with van der Waals surface area (Å²) in [7, 11) is 0.731. The topological polar surface area (TPSA) is 87.7 Å². The summed E-state index contributed by atoms with van der Waals surface area (Å²) in [6.07, 6.45) is -5.29. The number of carbonyl (C=O) groups is 2. The van der Waals surface area contributed by atoms with E-state index in [0.717, 1.165) is 31.4 Å². The van der Waals surface area contributed by atoms with Crippen LogP contribution in [0.15, 0.2) is 48.5 Å². The highest BCUT2D eigenvalue weighted by Gasteiger charge is 2.62. The molecule has 0 aromatic heterocycles. The molecular formula is C17H14ClF3N2O4. The van der Waals surface area contributed by atoms with Crippen LogP contribution in [0.25, 0.3) is 0 Å². The van der Waals surface area contributed by atoms with Gasteiger partial charge < -0.3 is 20.5 Å². The van der Waals surface area contributed by atoms with E-state index in [0.29, 0.717) is 10.7 Å². The first-order valence-corrected chi connectivity index (χ1v) is 7.77. The lowest BCUT2D eigenvalue weighted by molar-refractivity contribution is -0.266. The summed E-state index contributed by atoms with van der Waals surface area (Å²) in [4.78, 5) is 23.4. The van der Waals surface area contributed by atoms with Gasteiger partial charge in [-0.1, -0.05) is 29.8 Å². The third-order valence-electron chi connectivity index (χ3n) is 3.53. The molecule has 0 spiro atoms. The van der Waals surface area contributed by atoms with Gasteiger partial charge in [0.1, 0.15) is 0 Å². The highest BCUT2D eigenvalue weighted by molar-refractivity contribution is 6.30. The van der Waals surface area contributed by atoms with Gasteiger partial charge in [0.25, 0.3) is 5.60 Å². The molecule has 2 aromatic carbocycles. The first-order chi connectivity index (χ1) is 12.6. The number of alkyl halides is 3. The molecule has 2 amide bonds. The van der Waals surface area contributed by atoms with Crippen LogP contribution in [-0.2, 0) is 15.1 Å². The number of ether oxygens (including phenoxy) is 1. The molecule has 27 heavy (non-hydrogen) atoms. The summed E-state index contributed by atoms with van der Waals surface area (Å²) in [5.74, 6) is -1.87. The van der Waals surface area contributed by atoms with E-state index in [4.69, 9.17) is 11.6 Å². The highest BCUT2D eigenvalue weighted by Crippen LogP contribution is 2.40. The van der Waals surface area contributed by atoms with Crippen LogP contribution in [0.4, 0.5) is 29.3 Å². The predicted octanol–water partition coefficient (Wildman–Crippen LogP) is 3.91. The van der Waals surface area contributed by atoms with E-state index in [1.54, 1.807) is 18.2 Å². The van der Waals surface area contributed by atoms with Crippen molar-refractivity contribution in [3.8, 4) is 0 Å². The van der Waals surface area contributed by atoms with Crippen molar-refractivity contribution in [2.75, 3.05) is 17.7 Å². The molecule has 0 heterocycles. The van der Waals surface area contributed by atoms with Gasteiger partial charge in [0.15, 0.2) is 0 Å². The van der Waals surface area contributed by atoms with Gasteiger partial charge >= 0.3 is 18.2 Å². The lowest BCUT2D eigenvalue weighted by Crippen LogP contribution is -2.49. The normalized spacial score (nSPS) is 13.4. The number of urea groups is 1. The van der Waals surface area contributed by atoms with Crippen molar-refractivity contribution in [3.05, 3.63) is 59.1 Å². The summed E-state index contributed by atoms with van der Waals surface area (Å²) in [6, 6.07) is 9.60. The minimum atomic E-state index is -5.29. The predicted molar refractivity (Wildman–Crippen MR) is 92.5 cm³/mol. The second-order valence-corrected chi connectivity index (χ2v) is 5.80. The average molecular weight is 403 g/mol. The van der Waals surface area contributed by atoms with Crippen LogP contribution in [0.1, 0.15) is 5.56 Å². The lowest BCUT2D eigenvalue weighted by atomic mass is 9.93. The maximum absolute atomic E-state index is 13.2. The van der Waals surface area contributed by atoms with E-state index < -0.39 is 29.3 Å². The van der Waals surface area contributed by atoms with Crippen molar-refractivity contribution in [1.82, 2.24) is 0 Å². The van der Waals surface area contributed by atoms with Gasteiger partial charge in [0.2, 0.25) is 0 Å². The van der Waals surface area contributed by atoms with Crippen LogP contribution in [0.2, 0.25) is 5.02 Å². The molecule has 144 valence electrons. The summed E-state index contributed by atoms with van der Waals surface area (Å²) in [5, 5.41) is 15.2. The van der Waals surface area contributed by atoms with E-state index in [9.17, 15) is 27.9 Å². The van der Waals surface area contributed by atoms with Crippen molar-refractivity contribution in [2.45, 2.75) is 11.8 Å². The number of halogens is 4. The fraction of sp³-hybridized carbons (Fsp3) is 0.176. The largest absolute Gasteiger partial charge is 0.466 e. The molecule has 2 aromatic rings. The smallest absolute Gasteiger partial charge is 0.432 e. The van der Waals surface area contributed by atoms with Crippen LogP contribution in [0.3, 0.4) is 0 Å². The van der Waals surface area contributed by atoms with E-state index in [-0.39, 0.29) is 5.69 Å². The maximum atomic E-state index is 13.2. The molecule has 3 N–H and O–H groups in total. The molecular weight excluding hydrogens is 389 g/mol. The van der Waals surface area contributed by atoms with Gasteiger partial charge in [-0.25, -0.2) is 9.59 Å². The second-order valence-electron chi connectivity index (χ2n) is 5.37. The van der Waals surface area contributed by atoms with Crippen molar-refractivity contribution in [1.29, 1.82) is 0 Å².